The molecule has 1 heterocycles. The summed E-state index contributed by atoms with van der Waals surface area (Å²) in [6, 6.07) is 12.2. The first-order chi connectivity index (χ1) is 13.1. The van der Waals surface area contributed by atoms with Crippen LogP contribution in [-0.2, 0) is 6.42 Å². The number of nitrogens with zero attached hydrogens (tertiary/aromatic N) is 2. The summed E-state index contributed by atoms with van der Waals surface area (Å²) >= 11 is 6.19. The van der Waals surface area contributed by atoms with Gasteiger partial charge in [-0.05, 0) is 36.2 Å². The predicted molar refractivity (Wildman–Crippen MR) is 105 cm³/mol. The molecule has 0 unspecified atom stereocenters. The Labute approximate surface area is 163 Å². The third-order valence-electron chi connectivity index (χ3n) is 4.70. The normalized spacial score (nSPS) is 14.2. The summed E-state index contributed by atoms with van der Waals surface area (Å²) in [4.78, 5) is 16.3. The Morgan fingerprint density at radius 2 is 1.93 bits per heavy atom. The van der Waals surface area contributed by atoms with Crippen LogP contribution in [0.2, 0.25) is 5.02 Å². The van der Waals surface area contributed by atoms with E-state index in [0.717, 1.165) is 18.8 Å². The summed E-state index contributed by atoms with van der Waals surface area (Å²) in [5, 5.41) is 3.44. The minimum atomic E-state index is -0.237. The zero-order chi connectivity index (χ0) is 19.2. The van der Waals surface area contributed by atoms with E-state index in [1.165, 1.54) is 6.07 Å². The Kier molecular flexibility index (Phi) is 6.40. The van der Waals surface area contributed by atoms with Gasteiger partial charge < -0.3 is 19.9 Å². The lowest BCUT2D eigenvalue weighted by Gasteiger charge is -2.36. The molecule has 144 valence electrons. The summed E-state index contributed by atoms with van der Waals surface area (Å²) < 4.78 is 18.8. The van der Waals surface area contributed by atoms with Gasteiger partial charge in [-0.15, -0.1) is 0 Å². The molecule has 27 heavy (non-hydrogen) atoms. The van der Waals surface area contributed by atoms with E-state index >= 15 is 0 Å². The van der Waals surface area contributed by atoms with Gasteiger partial charge in [0.15, 0.2) is 0 Å². The zero-order valence-corrected chi connectivity index (χ0v) is 16.0. The van der Waals surface area contributed by atoms with Gasteiger partial charge in [0.25, 0.3) is 0 Å². The van der Waals surface area contributed by atoms with E-state index in [-0.39, 0.29) is 11.8 Å². The van der Waals surface area contributed by atoms with E-state index in [2.05, 4.69) is 10.2 Å². The molecule has 1 N–H and O–H groups in total. The molecule has 5 nitrogen and oxygen atoms in total. The molecule has 0 radical (unpaired) electrons. The van der Waals surface area contributed by atoms with E-state index < -0.39 is 0 Å². The largest absolute Gasteiger partial charge is 0.495 e. The minimum Gasteiger partial charge on any atom is -0.495 e. The number of piperazine rings is 1. The molecule has 1 aliphatic heterocycles. The molecule has 2 aromatic carbocycles. The summed E-state index contributed by atoms with van der Waals surface area (Å²) in [5.74, 6) is 0.409. The van der Waals surface area contributed by atoms with E-state index in [1.807, 2.05) is 18.2 Å². The second kappa shape index (κ2) is 8.95. The lowest BCUT2D eigenvalue weighted by molar-refractivity contribution is 0.194. The maximum absolute atomic E-state index is 13.6. The highest BCUT2D eigenvalue weighted by molar-refractivity contribution is 6.32. The van der Waals surface area contributed by atoms with Crippen LogP contribution in [0, 0.1) is 5.82 Å². The third-order valence-corrected chi connectivity index (χ3v) is 4.99. The highest BCUT2D eigenvalue weighted by Crippen LogP contribution is 2.29. The molecule has 7 heteroatoms. The average molecular weight is 392 g/mol. The van der Waals surface area contributed by atoms with Gasteiger partial charge in [0.2, 0.25) is 0 Å². The Morgan fingerprint density at radius 3 is 2.59 bits per heavy atom. The van der Waals surface area contributed by atoms with Crippen molar-refractivity contribution in [2.45, 2.75) is 6.42 Å². The molecule has 3 rings (SSSR count). The van der Waals surface area contributed by atoms with Crippen LogP contribution in [0.4, 0.5) is 14.9 Å². The van der Waals surface area contributed by atoms with E-state index in [4.69, 9.17) is 16.3 Å². The molecule has 0 spiro atoms. The number of carbonyl (C=O) groups excluding carboxylic acids is 1. The standard InChI is InChI=1S/C20H23ClFN3O2/c1-27-19-7-6-16(14-17(19)21)24-10-12-25(13-11-24)20(26)23-9-8-15-4-2-3-5-18(15)22/h2-7,14H,8-13H2,1H3,(H,23,26). The molecule has 1 saturated heterocycles. The number of nitrogens with one attached hydrogen (secondary N) is 1. The predicted octanol–water partition coefficient (Wildman–Crippen LogP) is 3.56. The minimum absolute atomic E-state index is 0.112. The fraction of sp³-hybridized carbons (Fsp3) is 0.350. The molecule has 1 aliphatic rings. The van der Waals surface area contributed by atoms with Crippen molar-refractivity contribution in [1.82, 2.24) is 10.2 Å². The molecule has 2 amide bonds. The number of methoxy groups -OCH3 is 1. The lowest BCUT2D eigenvalue weighted by atomic mass is 10.1. The van der Waals surface area contributed by atoms with Gasteiger partial charge in [-0.1, -0.05) is 29.8 Å². The molecule has 2 aromatic rings. The van der Waals surface area contributed by atoms with Crippen molar-refractivity contribution in [1.29, 1.82) is 0 Å². The van der Waals surface area contributed by atoms with Crippen molar-refractivity contribution in [3.8, 4) is 5.75 Å². The van der Waals surface area contributed by atoms with Crippen LogP contribution in [0.3, 0.4) is 0 Å². The van der Waals surface area contributed by atoms with Crippen LogP contribution in [-0.4, -0.2) is 50.8 Å². The second-order valence-electron chi connectivity index (χ2n) is 6.37. The molecular weight excluding hydrogens is 369 g/mol. The number of hydrogen-bond donors (Lipinski definition) is 1. The molecular formula is C20H23ClFN3O2. The number of amides is 2. The van der Waals surface area contributed by atoms with Gasteiger partial charge in [0.05, 0.1) is 12.1 Å². The maximum atomic E-state index is 13.6. The van der Waals surface area contributed by atoms with E-state index in [1.54, 1.807) is 30.2 Å². The van der Waals surface area contributed by atoms with Gasteiger partial charge in [0.1, 0.15) is 11.6 Å². The fourth-order valence-electron chi connectivity index (χ4n) is 3.14. The SMILES string of the molecule is COc1ccc(N2CCN(C(=O)NCCc3ccccc3F)CC2)cc1Cl. The number of rotatable bonds is 5. The zero-order valence-electron chi connectivity index (χ0n) is 15.3. The monoisotopic (exact) mass is 391 g/mol. The molecule has 0 atom stereocenters. The van der Waals surface area contributed by atoms with E-state index in [9.17, 15) is 9.18 Å². The van der Waals surface area contributed by atoms with Crippen LogP contribution in [0.15, 0.2) is 42.5 Å². The maximum Gasteiger partial charge on any atom is 0.317 e. The molecule has 0 aromatic heterocycles. The number of hydrogen-bond acceptors (Lipinski definition) is 3. The van der Waals surface area contributed by atoms with Crippen LogP contribution < -0.4 is 15.0 Å². The average Bonchev–Trinajstić information content (AvgIpc) is 2.69. The Hall–Kier alpha value is -2.47. The first-order valence-electron chi connectivity index (χ1n) is 8.93. The van der Waals surface area contributed by atoms with Crippen molar-refractivity contribution in [3.05, 3.63) is 58.9 Å². The lowest BCUT2D eigenvalue weighted by Crippen LogP contribution is -2.52. The summed E-state index contributed by atoms with van der Waals surface area (Å²) in [5.41, 5.74) is 1.62. The summed E-state index contributed by atoms with van der Waals surface area (Å²) in [7, 11) is 1.59. The Morgan fingerprint density at radius 1 is 1.19 bits per heavy atom. The first-order valence-corrected chi connectivity index (χ1v) is 9.31. The number of ether oxygens (including phenoxy) is 1. The van der Waals surface area contributed by atoms with Crippen LogP contribution in [0.5, 0.6) is 5.75 Å². The number of carbonyl (C=O) groups is 1. The summed E-state index contributed by atoms with van der Waals surface area (Å²) in [6.45, 7) is 3.10. The molecule has 0 aliphatic carbocycles. The van der Waals surface area contributed by atoms with Gasteiger partial charge in [-0.25, -0.2) is 9.18 Å². The Bertz CT molecular complexity index is 795. The third kappa shape index (κ3) is 4.83. The van der Waals surface area contributed by atoms with Gasteiger partial charge in [0, 0.05) is 38.4 Å². The first kappa shape index (κ1) is 19.3. The number of halogens is 2. The topological polar surface area (TPSA) is 44.8 Å². The van der Waals surface area contributed by atoms with Crippen molar-refractivity contribution in [3.63, 3.8) is 0 Å². The van der Waals surface area contributed by atoms with Crippen LogP contribution in [0.1, 0.15) is 5.56 Å². The van der Waals surface area contributed by atoms with Crippen LogP contribution >= 0.6 is 11.6 Å². The number of urea groups is 1. The quantitative estimate of drug-likeness (QED) is 0.847. The van der Waals surface area contributed by atoms with Gasteiger partial charge in [-0.3, -0.25) is 0 Å². The van der Waals surface area contributed by atoms with Gasteiger partial charge >= 0.3 is 6.03 Å². The van der Waals surface area contributed by atoms with Crippen LogP contribution in [0.25, 0.3) is 0 Å². The molecule has 1 fully saturated rings. The fourth-order valence-corrected chi connectivity index (χ4v) is 3.39. The Balaban J connectivity index is 1.46. The van der Waals surface area contributed by atoms with Crippen molar-refractivity contribution in [2.24, 2.45) is 0 Å². The highest BCUT2D eigenvalue weighted by Gasteiger charge is 2.21. The van der Waals surface area contributed by atoms with Gasteiger partial charge in [-0.2, -0.15) is 0 Å². The highest BCUT2D eigenvalue weighted by atomic mass is 35.5. The van der Waals surface area contributed by atoms with E-state index in [0.29, 0.717) is 42.4 Å². The molecule has 0 saturated carbocycles. The second-order valence-corrected chi connectivity index (χ2v) is 6.77. The number of benzene rings is 2. The summed E-state index contributed by atoms with van der Waals surface area (Å²) in [6.07, 6.45) is 0.475. The van der Waals surface area contributed by atoms with Crippen molar-refractivity contribution >= 4 is 23.3 Å². The molecule has 0 bridgehead atoms. The smallest absolute Gasteiger partial charge is 0.317 e. The van der Waals surface area contributed by atoms with Crippen molar-refractivity contribution < 1.29 is 13.9 Å². The van der Waals surface area contributed by atoms with Crippen molar-refractivity contribution in [2.75, 3.05) is 44.7 Å². The number of anilines is 1.